The summed E-state index contributed by atoms with van der Waals surface area (Å²) in [5.74, 6) is 1.38. The summed E-state index contributed by atoms with van der Waals surface area (Å²) in [5, 5.41) is 13.0. The Kier molecular flexibility index (Phi) is 6.10. The highest BCUT2D eigenvalue weighted by Crippen LogP contribution is 2.35. The second kappa shape index (κ2) is 8.71. The highest BCUT2D eigenvalue weighted by molar-refractivity contribution is 8.18. The zero-order valence-corrected chi connectivity index (χ0v) is 16.5. The van der Waals surface area contributed by atoms with Crippen molar-refractivity contribution in [2.24, 2.45) is 4.99 Å². The minimum atomic E-state index is -0.248. The first-order valence-electron chi connectivity index (χ1n) is 8.51. The number of amides is 1. The molecule has 2 aromatic rings. The van der Waals surface area contributed by atoms with Crippen LogP contribution in [0.25, 0.3) is 6.08 Å². The lowest BCUT2D eigenvalue weighted by atomic mass is 10.2. The van der Waals surface area contributed by atoms with Gasteiger partial charge in [0.15, 0.2) is 16.7 Å². The molecule has 8 heteroatoms. The van der Waals surface area contributed by atoms with E-state index < -0.39 is 0 Å². The first-order chi connectivity index (χ1) is 13.5. The van der Waals surface area contributed by atoms with Gasteiger partial charge < -0.3 is 24.6 Å². The highest BCUT2D eigenvalue weighted by Gasteiger charge is 2.24. The Bertz CT molecular complexity index is 956. The Labute approximate surface area is 167 Å². The third-order valence-electron chi connectivity index (χ3n) is 3.84. The maximum absolute atomic E-state index is 12.3. The van der Waals surface area contributed by atoms with Crippen LogP contribution < -0.4 is 19.5 Å². The summed E-state index contributed by atoms with van der Waals surface area (Å²) in [6.45, 7) is 2.27. The molecule has 0 radical (unpaired) electrons. The van der Waals surface area contributed by atoms with Crippen molar-refractivity contribution in [2.45, 2.75) is 6.92 Å². The van der Waals surface area contributed by atoms with Crippen molar-refractivity contribution in [3.05, 3.63) is 46.9 Å². The molecule has 1 aliphatic heterocycles. The van der Waals surface area contributed by atoms with E-state index in [1.54, 1.807) is 50.6 Å². The Morgan fingerprint density at radius 2 is 1.96 bits per heavy atom. The number of aromatic hydroxyl groups is 1. The van der Waals surface area contributed by atoms with Crippen LogP contribution in [-0.2, 0) is 4.79 Å². The summed E-state index contributed by atoms with van der Waals surface area (Å²) in [6, 6.07) is 10.2. The van der Waals surface area contributed by atoms with Crippen molar-refractivity contribution >= 4 is 34.6 Å². The van der Waals surface area contributed by atoms with Gasteiger partial charge in [-0.3, -0.25) is 4.79 Å². The van der Waals surface area contributed by atoms with E-state index in [1.165, 1.54) is 17.8 Å². The smallest absolute Gasteiger partial charge is 0.264 e. The molecule has 2 N–H and O–H groups in total. The second-order valence-corrected chi connectivity index (χ2v) is 6.71. The number of hydrogen-bond acceptors (Lipinski definition) is 7. The van der Waals surface area contributed by atoms with Gasteiger partial charge in [0, 0.05) is 6.07 Å². The maximum atomic E-state index is 12.3. The molecule has 0 bridgehead atoms. The summed E-state index contributed by atoms with van der Waals surface area (Å²) in [5.41, 5.74) is 1.32. The fourth-order valence-electron chi connectivity index (χ4n) is 2.51. The van der Waals surface area contributed by atoms with Gasteiger partial charge in [-0.25, -0.2) is 4.99 Å². The molecule has 7 nitrogen and oxygen atoms in total. The lowest BCUT2D eigenvalue weighted by molar-refractivity contribution is -0.115. The fraction of sp³-hybridized carbons (Fsp3) is 0.200. The van der Waals surface area contributed by atoms with Crippen LogP contribution in [-0.4, -0.2) is 37.0 Å². The van der Waals surface area contributed by atoms with Crippen LogP contribution in [0.4, 0.5) is 5.69 Å². The summed E-state index contributed by atoms with van der Waals surface area (Å²) in [4.78, 5) is 17.3. The molecule has 1 amide bonds. The van der Waals surface area contributed by atoms with Gasteiger partial charge in [-0.05, 0) is 54.6 Å². The predicted octanol–water partition coefficient (Wildman–Crippen LogP) is 3.70. The zero-order valence-electron chi connectivity index (χ0n) is 15.7. The first-order valence-corrected chi connectivity index (χ1v) is 9.33. The lowest BCUT2D eigenvalue weighted by Gasteiger charge is -2.07. The second-order valence-electron chi connectivity index (χ2n) is 5.68. The van der Waals surface area contributed by atoms with E-state index in [0.717, 1.165) is 5.56 Å². The predicted molar refractivity (Wildman–Crippen MR) is 110 cm³/mol. The van der Waals surface area contributed by atoms with Crippen LogP contribution in [0.5, 0.6) is 23.0 Å². The molecular weight excluding hydrogens is 380 g/mol. The average molecular weight is 400 g/mol. The topological polar surface area (TPSA) is 89.4 Å². The molecule has 1 aliphatic rings. The van der Waals surface area contributed by atoms with E-state index in [2.05, 4.69) is 10.3 Å². The van der Waals surface area contributed by atoms with Crippen LogP contribution in [0.1, 0.15) is 12.5 Å². The molecule has 0 atom stereocenters. The van der Waals surface area contributed by atoms with Crippen LogP contribution in [0.15, 0.2) is 46.3 Å². The Morgan fingerprint density at radius 1 is 1.14 bits per heavy atom. The molecule has 0 saturated carbocycles. The van der Waals surface area contributed by atoms with Gasteiger partial charge in [-0.2, -0.15) is 0 Å². The minimum Gasteiger partial charge on any atom is -0.504 e. The molecule has 0 spiro atoms. The molecule has 0 unspecified atom stereocenters. The van der Waals surface area contributed by atoms with Crippen molar-refractivity contribution in [3.63, 3.8) is 0 Å². The quantitative estimate of drug-likeness (QED) is 0.719. The van der Waals surface area contributed by atoms with Gasteiger partial charge in [0.25, 0.3) is 5.91 Å². The van der Waals surface area contributed by atoms with E-state index in [9.17, 15) is 9.90 Å². The lowest BCUT2D eigenvalue weighted by Crippen LogP contribution is -2.19. The van der Waals surface area contributed by atoms with E-state index in [4.69, 9.17) is 14.2 Å². The van der Waals surface area contributed by atoms with Gasteiger partial charge in [-0.15, -0.1) is 0 Å². The molecule has 0 aromatic heterocycles. The summed E-state index contributed by atoms with van der Waals surface area (Å²) >= 11 is 1.22. The van der Waals surface area contributed by atoms with E-state index >= 15 is 0 Å². The number of benzene rings is 2. The zero-order chi connectivity index (χ0) is 20.1. The number of carbonyl (C=O) groups is 1. The number of methoxy groups -OCH3 is 2. The summed E-state index contributed by atoms with van der Waals surface area (Å²) < 4.78 is 15.9. The summed E-state index contributed by atoms with van der Waals surface area (Å²) in [7, 11) is 3.12. The molecular formula is C20H20N2O5S. The molecule has 28 heavy (non-hydrogen) atoms. The van der Waals surface area contributed by atoms with Gasteiger partial charge in [0.05, 0.1) is 25.7 Å². The Hall–Kier alpha value is -3.13. The number of aliphatic imine (C=N–C) groups is 1. The number of nitrogens with zero attached hydrogens (tertiary/aromatic N) is 1. The Balaban J connectivity index is 1.85. The number of carbonyl (C=O) groups excluding carboxylic acids is 1. The SMILES string of the molecule is CCOc1cc(C=C2SC(=Nc3ccc(OC)cc3OC)NC2=O)ccc1O. The first kappa shape index (κ1) is 19.6. The number of hydrogen-bond donors (Lipinski definition) is 2. The van der Waals surface area contributed by atoms with Crippen molar-refractivity contribution in [1.29, 1.82) is 0 Å². The van der Waals surface area contributed by atoms with Gasteiger partial charge in [0.2, 0.25) is 0 Å². The van der Waals surface area contributed by atoms with E-state index in [-0.39, 0.29) is 11.7 Å². The summed E-state index contributed by atoms with van der Waals surface area (Å²) in [6.07, 6.45) is 1.72. The number of nitrogens with one attached hydrogen (secondary N) is 1. The molecule has 0 aliphatic carbocycles. The number of phenolic OH excluding ortho intramolecular Hbond substituents is 1. The molecule has 2 aromatic carbocycles. The maximum Gasteiger partial charge on any atom is 0.264 e. The van der Waals surface area contributed by atoms with Crippen LogP contribution in [0, 0.1) is 0 Å². The highest BCUT2D eigenvalue weighted by atomic mass is 32.2. The van der Waals surface area contributed by atoms with Crippen LogP contribution in [0.3, 0.4) is 0 Å². The molecule has 1 heterocycles. The number of thioether (sulfide) groups is 1. The van der Waals surface area contributed by atoms with Gasteiger partial charge in [-0.1, -0.05) is 6.07 Å². The third-order valence-corrected chi connectivity index (χ3v) is 4.75. The third kappa shape index (κ3) is 4.40. The largest absolute Gasteiger partial charge is 0.504 e. The van der Waals surface area contributed by atoms with Crippen molar-refractivity contribution in [3.8, 4) is 23.0 Å². The molecule has 3 rings (SSSR count). The number of rotatable bonds is 6. The molecule has 1 saturated heterocycles. The Morgan fingerprint density at radius 3 is 2.68 bits per heavy atom. The van der Waals surface area contributed by atoms with E-state index in [1.807, 2.05) is 6.92 Å². The van der Waals surface area contributed by atoms with Crippen molar-refractivity contribution in [2.75, 3.05) is 20.8 Å². The fourth-order valence-corrected chi connectivity index (χ4v) is 3.34. The van der Waals surface area contributed by atoms with Crippen molar-refractivity contribution in [1.82, 2.24) is 5.32 Å². The van der Waals surface area contributed by atoms with Crippen molar-refractivity contribution < 1.29 is 24.1 Å². The standard InChI is InChI=1S/C20H20N2O5S/c1-4-27-17-9-12(5-8-15(17)23)10-18-19(24)22-20(28-18)21-14-7-6-13(25-2)11-16(14)26-3/h5-11,23H,4H2,1-3H3,(H,21,22,24). The number of amidine groups is 1. The molecule has 1 fully saturated rings. The molecule has 146 valence electrons. The van der Waals surface area contributed by atoms with Gasteiger partial charge >= 0.3 is 0 Å². The van der Waals surface area contributed by atoms with Gasteiger partial charge in [0.1, 0.15) is 17.2 Å². The average Bonchev–Trinajstić information content (AvgIpc) is 3.03. The van der Waals surface area contributed by atoms with E-state index in [0.29, 0.717) is 39.6 Å². The normalized spacial score (nSPS) is 16.3. The number of ether oxygens (including phenoxy) is 3. The monoisotopic (exact) mass is 400 g/mol. The number of phenols is 1. The minimum absolute atomic E-state index is 0.0568. The van der Waals surface area contributed by atoms with Crippen LogP contribution in [0.2, 0.25) is 0 Å². The van der Waals surface area contributed by atoms with Crippen LogP contribution >= 0.6 is 11.8 Å².